The molecular formula is C20H20ClNO6. The molecule has 0 bridgehead atoms. The molecule has 8 heteroatoms. The molecule has 0 fully saturated rings. The van der Waals surface area contributed by atoms with Crippen molar-refractivity contribution in [2.24, 2.45) is 0 Å². The molecule has 0 unspecified atom stereocenters. The van der Waals surface area contributed by atoms with Crippen molar-refractivity contribution in [3.63, 3.8) is 0 Å². The second kappa shape index (κ2) is 9.75. The maximum atomic E-state index is 12.3. The van der Waals surface area contributed by atoms with E-state index >= 15 is 0 Å². The van der Waals surface area contributed by atoms with Gasteiger partial charge in [-0.25, -0.2) is 9.59 Å². The molecule has 28 heavy (non-hydrogen) atoms. The molecule has 0 aromatic heterocycles. The number of carbonyl (C=O) groups is 3. The van der Waals surface area contributed by atoms with Crippen LogP contribution in [-0.2, 0) is 20.8 Å². The smallest absolute Gasteiger partial charge is 0.338 e. The number of ether oxygens (including phenoxy) is 3. The van der Waals surface area contributed by atoms with E-state index in [0.29, 0.717) is 5.02 Å². The maximum absolute atomic E-state index is 12.3. The maximum Gasteiger partial charge on any atom is 0.338 e. The van der Waals surface area contributed by atoms with Crippen LogP contribution in [-0.4, -0.2) is 38.2 Å². The van der Waals surface area contributed by atoms with E-state index in [4.69, 9.17) is 16.3 Å². The van der Waals surface area contributed by atoms with Crippen LogP contribution in [0.3, 0.4) is 0 Å². The largest absolute Gasteiger partial charge is 0.481 e. The Balaban J connectivity index is 2.12. The molecule has 1 N–H and O–H groups in total. The molecule has 2 rings (SSSR count). The molecule has 0 spiro atoms. The highest BCUT2D eigenvalue weighted by atomic mass is 35.5. The predicted molar refractivity (Wildman–Crippen MR) is 103 cm³/mol. The number of amides is 1. The van der Waals surface area contributed by atoms with Gasteiger partial charge in [0.1, 0.15) is 5.75 Å². The lowest BCUT2D eigenvalue weighted by molar-refractivity contribution is -0.127. The summed E-state index contributed by atoms with van der Waals surface area (Å²) < 4.78 is 14.9. The third kappa shape index (κ3) is 5.47. The van der Waals surface area contributed by atoms with E-state index in [9.17, 15) is 14.4 Å². The fourth-order valence-corrected chi connectivity index (χ4v) is 2.57. The summed E-state index contributed by atoms with van der Waals surface area (Å²) in [6, 6.07) is 11.2. The summed E-state index contributed by atoms with van der Waals surface area (Å²) >= 11 is 6.07. The number of benzene rings is 2. The standard InChI is InChI=1S/C20H20ClNO6/c1-12(18(23)22-11-13-6-4-5-7-17(13)21)28-16-9-14(19(24)26-2)8-15(10-16)20(25)27-3/h4-10,12H,11H2,1-3H3,(H,22,23)/t12-/m1/s1. The summed E-state index contributed by atoms with van der Waals surface area (Å²) in [6.45, 7) is 1.78. The Hall–Kier alpha value is -3.06. The van der Waals surface area contributed by atoms with Crippen LogP contribution in [0, 0.1) is 0 Å². The lowest BCUT2D eigenvalue weighted by Crippen LogP contribution is -2.36. The van der Waals surface area contributed by atoms with Crippen LogP contribution in [0.15, 0.2) is 42.5 Å². The third-order valence-corrected chi connectivity index (χ3v) is 4.21. The number of hydrogen-bond acceptors (Lipinski definition) is 6. The molecule has 2 aromatic rings. The lowest BCUT2D eigenvalue weighted by atomic mass is 10.1. The van der Waals surface area contributed by atoms with Crippen LogP contribution in [0.5, 0.6) is 5.75 Å². The number of methoxy groups -OCH3 is 2. The van der Waals surface area contributed by atoms with Crippen LogP contribution >= 0.6 is 11.6 Å². The van der Waals surface area contributed by atoms with Gasteiger partial charge in [-0.1, -0.05) is 29.8 Å². The van der Waals surface area contributed by atoms with Crippen molar-refractivity contribution in [3.8, 4) is 5.75 Å². The zero-order chi connectivity index (χ0) is 20.7. The molecule has 0 radical (unpaired) electrons. The molecule has 1 amide bonds. The summed E-state index contributed by atoms with van der Waals surface area (Å²) in [5, 5.41) is 3.27. The number of hydrogen-bond donors (Lipinski definition) is 1. The summed E-state index contributed by atoms with van der Waals surface area (Å²) in [4.78, 5) is 36.0. The van der Waals surface area contributed by atoms with Crippen LogP contribution < -0.4 is 10.1 Å². The van der Waals surface area contributed by atoms with Crippen molar-refractivity contribution >= 4 is 29.4 Å². The molecule has 0 saturated carbocycles. The Kier molecular flexibility index (Phi) is 7.40. The zero-order valence-electron chi connectivity index (χ0n) is 15.7. The Morgan fingerprint density at radius 3 is 2.11 bits per heavy atom. The fourth-order valence-electron chi connectivity index (χ4n) is 2.36. The summed E-state index contributed by atoms with van der Waals surface area (Å²) in [5.41, 5.74) is 0.971. The monoisotopic (exact) mass is 405 g/mol. The van der Waals surface area contributed by atoms with Crippen LogP contribution in [0.4, 0.5) is 0 Å². The van der Waals surface area contributed by atoms with Crippen molar-refractivity contribution < 1.29 is 28.6 Å². The van der Waals surface area contributed by atoms with Crippen molar-refractivity contribution in [2.75, 3.05) is 14.2 Å². The second-order valence-corrected chi connectivity index (χ2v) is 6.21. The van der Waals surface area contributed by atoms with Gasteiger partial charge in [0.2, 0.25) is 0 Å². The number of nitrogens with one attached hydrogen (secondary N) is 1. The minimum absolute atomic E-state index is 0.101. The van der Waals surface area contributed by atoms with Gasteiger partial charge in [0, 0.05) is 11.6 Å². The number of esters is 2. The fraction of sp³-hybridized carbons (Fsp3) is 0.250. The molecule has 0 aliphatic heterocycles. The first kappa shape index (κ1) is 21.2. The highest BCUT2D eigenvalue weighted by Crippen LogP contribution is 2.20. The molecule has 2 aromatic carbocycles. The van der Waals surface area contributed by atoms with Gasteiger partial charge < -0.3 is 19.5 Å². The van der Waals surface area contributed by atoms with Crippen LogP contribution in [0.25, 0.3) is 0 Å². The zero-order valence-corrected chi connectivity index (χ0v) is 16.4. The van der Waals surface area contributed by atoms with Gasteiger partial charge >= 0.3 is 11.9 Å². The third-order valence-electron chi connectivity index (χ3n) is 3.84. The molecule has 148 valence electrons. The molecule has 0 saturated heterocycles. The van der Waals surface area contributed by atoms with Crippen LogP contribution in [0.2, 0.25) is 5.02 Å². The Bertz CT molecular complexity index is 848. The van der Waals surface area contributed by atoms with Gasteiger partial charge in [-0.2, -0.15) is 0 Å². The molecule has 7 nitrogen and oxygen atoms in total. The number of carbonyl (C=O) groups excluding carboxylic acids is 3. The topological polar surface area (TPSA) is 90.9 Å². The lowest BCUT2D eigenvalue weighted by Gasteiger charge is -2.16. The second-order valence-electron chi connectivity index (χ2n) is 5.80. The SMILES string of the molecule is COC(=O)c1cc(O[C@H](C)C(=O)NCc2ccccc2Cl)cc(C(=O)OC)c1. The van der Waals surface area contributed by atoms with Gasteiger partial charge in [-0.15, -0.1) is 0 Å². The van der Waals surface area contributed by atoms with E-state index in [-0.39, 0.29) is 29.3 Å². The van der Waals surface area contributed by atoms with Gasteiger partial charge in [-0.05, 0) is 36.8 Å². The van der Waals surface area contributed by atoms with E-state index in [0.717, 1.165) is 5.56 Å². The minimum atomic E-state index is -0.888. The number of halogens is 1. The average Bonchev–Trinajstić information content (AvgIpc) is 2.71. The molecule has 0 aliphatic carbocycles. The Morgan fingerprint density at radius 2 is 1.57 bits per heavy atom. The van der Waals surface area contributed by atoms with Crippen molar-refractivity contribution in [3.05, 3.63) is 64.2 Å². The first-order valence-electron chi connectivity index (χ1n) is 8.35. The summed E-state index contributed by atoms with van der Waals surface area (Å²) in [5.74, 6) is -1.52. The van der Waals surface area contributed by atoms with E-state index in [1.54, 1.807) is 25.1 Å². The highest BCUT2D eigenvalue weighted by Gasteiger charge is 2.19. The molecule has 0 aliphatic rings. The van der Waals surface area contributed by atoms with Crippen molar-refractivity contribution in [1.82, 2.24) is 5.32 Å². The summed E-state index contributed by atoms with van der Waals surface area (Å²) in [6.07, 6.45) is -0.888. The van der Waals surface area contributed by atoms with Crippen molar-refractivity contribution in [1.29, 1.82) is 0 Å². The van der Waals surface area contributed by atoms with Crippen molar-refractivity contribution in [2.45, 2.75) is 19.6 Å². The van der Waals surface area contributed by atoms with Gasteiger partial charge in [0.15, 0.2) is 6.10 Å². The summed E-state index contributed by atoms with van der Waals surface area (Å²) in [7, 11) is 2.44. The molecular weight excluding hydrogens is 386 g/mol. The first-order valence-corrected chi connectivity index (χ1v) is 8.73. The van der Waals surface area contributed by atoms with E-state index in [2.05, 4.69) is 14.8 Å². The molecule has 1 atom stereocenters. The van der Waals surface area contributed by atoms with Crippen LogP contribution in [0.1, 0.15) is 33.2 Å². The highest BCUT2D eigenvalue weighted by molar-refractivity contribution is 6.31. The Morgan fingerprint density at radius 1 is 1.00 bits per heavy atom. The molecule has 0 heterocycles. The minimum Gasteiger partial charge on any atom is -0.481 e. The Labute approximate surface area is 167 Å². The van der Waals surface area contributed by atoms with E-state index in [1.165, 1.54) is 32.4 Å². The quantitative estimate of drug-likeness (QED) is 0.712. The van der Waals surface area contributed by atoms with E-state index in [1.807, 2.05) is 6.07 Å². The van der Waals surface area contributed by atoms with E-state index < -0.39 is 18.0 Å². The number of rotatable bonds is 7. The normalized spacial score (nSPS) is 11.3. The predicted octanol–water partition coefficient (Wildman–Crippen LogP) is 3.00. The van der Waals surface area contributed by atoms with Gasteiger partial charge in [0.25, 0.3) is 5.91 Å². The van der Waals surface area contributed by atoms with Gasteiger partial charge in [-0.3, -0.25) is 4.79 Å². The van der Waals surface area contributed by atoms with Gasteiger partial charge in [0.05, 0.1) is 25.3 Å². The average molecular weight is 406 g/mol. The first-order chi connectivity index (χ1) is 13.3.